The van der Waals surface area contributed by atoms with Gasteiger partial charge in [-0.3, -0.25) is 0 Å². The fourth-order valence-electron chi connectivity index (χ4n) is 1.16. The highest BCUT2D eigenvalue weighted by Crippen LogP contribution is 2.35. The SMILES string of the molecule is CCOc1cc(C)c(Cl)c(C)c1Cl. The smallest absolute Gasteiger partial charge is 0.138 e. The minimum Gasteiger partial charge on any atom is -0.492 e. The molecular weight excluding hydrogens is 207 g/mol. The van der Waals surface area contributed by atoms with Gasteiger partial charge in [-0.05, 0) is 38.0 Å². The summed E-state index contributed by atoms with van der Waals surface area (Å²) in [6, 6.07) is 1.86. The molecule has 0 heterocycles. The zero-order valence-electron chi connectivity index (χ0n) is 7.95. The van der Waals surface area contributed by atoms with Crippen LogP contribution in [0.1, 0.15) is 18.1 Å². The predicted octanol–water partition coefficient (Wildman–Crippen LogP) is 4.01. The van der Waals surface area contributed by atoms with E-state index in [-0.39, 0.29) is 0 Å². The van der Waals surface area contributed by atoms with Gasteiger partial charge >= 0.3 is 0 Å². The molecule has 1 rings (SSSR count). The lowest BCUT2D eigenvalue weighted by Gasteiger charge is -2.11. The van der Waals surface area contributed by atoms with Crippen molar-refractivity contribution in [1.82, 2.24) is 0 Å². The van der Waals surface area contributed by atoms with Crippen molar-refractivity contribution in [3.05, 3.63) is 27.2 Å². The van der Waals surface area contributed by atoms with Crippen molar-refractivity contribution < 1.29 is 4.74 Å². The first-order valence-electron chi connectivity index (χ1n) is 4.16. The lowest BCUT2D eigenvalue weighted by atomic mass is 10.1. The lowest BCUT2D eigenvalue weighted by molar-refractivity contribution is 0.340. The first kappa shape index (κ1) is 10.7. The van der Waals surface area contributed by atoms with Crippen LogP contribution >= 0.6 is 23.2 Å². The van der Waals surface area contributed by atoms with Crippen LogP contribution in [0.25, 0.3) is 0 Å². The minimum atomic E-state index is 0.609. The Morgan fingerprint density at radius 2 is 1.85 bits per heavy atom. The Hall–Kier alpha value is -0.400. The van der Waals surface area contributed by atoms with Crippen molar-refractivity contribution in [1.29, 1.82) is 0 Å². The van der Waals surface area contributed by atoms with Gasteiger partial charge in [0.1, 0.15) is 5.75 Å². The van der Waals surface area contributed by atoms with Gasteiger partial charge in [-0.15, -0.1) is 0 Å². The number of rotatable bonds is 2. The number of hydrogen-bond acceptors (Lipinski definition) is 1. The Morgan fingerprint density at radius 1 is 1.23 bits per heavy atom. The van der Waals surface area contributed by atoms with Crippen LogP contribution < -0.4 is 4.74 Å². The first-order valence-corrected chi connectivity index (χ1v) is 4.91. The van der Waals surface area contributed by atoms with Crippen molar-refractivity contribution in [3.63, 3.8) is 0 Å². The Labute approximate surface area is 88.6 Å². The van der Waals surface area contributed by atoms with E-state index in [1.807, 2.05) is 26.8 Å². The van der Waals surface area contributed by atoms with Crippen molar-refractivity contribution in [2.45, 2.75) is 20.8 Å². The van der Waals surface area contributed by atoms with E-state index in [2.05, 4.69) is 0 Å². The molecule has 0 fully saturated rings. The van der Waals surface area contributed by atoms with Gasteiger partial charge in [0, 0.05) is 5.02 Å². The summed E-state index contributed by atoms with van der Waals surface area (Å²) in [4.78, 5) is 0. The third kappa shape index (κ3) is 2.09. The van der Waals surface area contributed by atoms with Crippen molar-refractivity contribution in [2.24, 2.45) is 0 Å². The summed E-state index contributed by atoms with van der Waals surface area (Å²) >= 11 is 12.1. The summed E-state index contributed by atoms with van der Waals surface area (Å²) < 4.78 is 5.36. The van der Waals surface area contributed by atoms with Crippen molar-refractivity contribution in [3.8, 4) is 5.75 Å². The minimum absolute atomic E-state index is 0.609. The van der Waals surface area contributed by atoms with Crippen LogP contribution in [0.3, 0.4) is 0 Å². The predicted molar refractivity (Wildman–Crippen MR) is 57.1 cm³/mol. The molecule has 0 unspecified atom stereocenters. The second-order valence-electron chi connectivity index (χ2n) is 2.88. The quantitative estimate of drug-likeness (QED) is 0.730. The van der Waals surface area contributed by atoms with Crippen LogP contribution in [-0.2, 0) is 0 Å². The van der Waals surface area contributed by atoms with E-state index in [0.29, 0.717) is 22.4 Å². The Kier molecular flexibility index (Phi) is 3.46. The van der Waals surface area contributed by atoms with E-state index in [4.69, 9.17) is 27.9 Å². The monoisotopic (exact) mass is 218 g/mol. The maximum absolute atomic E-state index is 6.04. The summed E-state index contributed by atoms with van der Waals surface area (Å²) in [5.41, 5.74) is 1.87. The molecule has 0 bridgehead atoms. The molecular formula is C10H12Cl2O. The molecule has 1 aromatic carbocycles. The van der Waals surface area contributed by atoms with Gasteiger partial charge in [0.05, 0.1) is 11.6 Å². The summed E-state index contributed by atoms with van der Waals surface area (Å²) in [5.74, 6) is 0.712. The molecule has 0 N–H and O–H groups in total. The van der Waals surface area contributed by atoms with E-state index in [9.17, 15) is 0 Å². The van der Waals surface area contributed by atoms with E-state index in [1.54, 1.807) is 0 Å². The Bertz CT molecular complexity index is 321. The average Bonchev–Trinajstić information content (AvgIpc) is 2.11. The molecule has 0 aliphatic rings. The molecule has 13 heavy (non-hydrogen) atoms. The van der Waals surface area contributed by atoms with Gasteiger partial charge in [-0.25, -0.2) is 0 Å². The van der Waals surface area contributed by atoms with Crippen molar-refractivity contribution in [2.75, 3.05) is 6.61 Å². The van der Waals surface area contributed by atoms with Crippen LogP contribution in [0, 0.1) is 13.8 Å². The topological polar surface area (TPSA) is 9.23 Å². The number of ether oxygens (including phenoxy) is 1. The normalized spacial score (nSPS) is 10.2. The molecule has 0 aromatic heterocycles. The van der Waals surface area contributed by atoms with Crippen molar-refractivity contribution >= 4 is 23.2 Å². The maximum Gasteiger partial charge on any atom is 0.138 e. The fourth-order valence-corrected chi connectivity index (χ4v) is 1.56. The van der Waals surface area contributed by atoms with Gasteiger partial charge in [-0.1, -0.05) is 23.2 Å². The summed E-state index contributed by atoms with van der Waals surface area (Å²) in [5, 5.41) is 1.32. The maximum atomic E-state index is 6.04. The van der Waals surface area contributed by atoms with E-state index in [1.165, 1.54) is 0 Å². The zero-order valence-corrected chi connectivity index (χ0v) is 9.46. The second-order valence-corrected chi connectivity index (χ2v) is 3.63. The summed E-state index contributed by atoms with van der Waals surface area (Å²) in [7, 11) is 0. The molecule has 0 radical (unpaired) electrons. The first-order chi connectivity index (χ1) is 6.07. The second kappa shape index (κ2) is 4.21. The van der Waals surface area contributed by atoms with Gasteiger partial charge < -0.3 is 4.74 Å². The van der Waals surface area contributed by atoms with Crippen LogP contribution in [0.4, 0.5) is 0 Å². The standard InChI is InChI=1S/C10H12Cl2O/c1-4-13-8-5-6(2)9(11)7(3)10(8)12/h5H,4H2,1-3H3. The van der Waals surface area contributed by atoms with Gasteiger partial charge in [0.25, 0.3) is 0 Å². The highest BCUT2D eigenvalue weighted by molar-refractivity contribution is 6.37. The Morgan fingerprint density at radius 3 is 2.38 bits per heavy atom. The highest BCUT2D eigenvalue weighted by atomic mass is 35.5. The number of halogens is 2. The van der Waals surface area contributed by atoms with Crippen LogP contribution in [0.2, 0.25) is 10.0 Å². The van der Waals surface area contributed by atoms with Gasteiger partial charge in [-0.2, -0.15) is 0 Å². The number of aryl methyl sites for hydroxylation is 1. The molecule has 1 aromatic rings. The number of hydrogen-bond donors (Lipinski definition) is 0. The third-order valence-corrected chi connectivity index (χ3v) is 2.92. The van der Waals surface area contributed by atoms with Gasteiger partial charge in [0.2, 0.25) is 0 Å². The summed E-state index contributed by atoms with van der Waals surface area (Å²) in [6.45, 7) is 6.37. The lowest BCUT2D eigenvalue weighted by Crippen LogP contribution is -1.95. The van der Waals surface area contributed by atoms with E-state index in [0.717, 1.165) is 11.1 Å². The average molecular weight is 219 g/mol. The molecule has 0 atom stereocenters. The van der Waals surface area contributed by atoms with E-state index >= 15 is 0 Å². The molecule has 0 aliphatic carbocycles. The molecule has 1 nitrogen and oxygen atoms in total. The Balaban J connectivity index is 3.24. The fraction of sp³-hybridized carbons (Fsp3) is 0.400. The van der Waals surface area contributed by atoms with Gasteiger partial charge in [0.15, 0.2) is 0 Å². The molecule has 3 heteroatoms. The largest absolute Gasteiger partial charge is 0.492 e. The third-order valence-electron chi connectivity index (χ3n) is 1.87. The number of benzene rings is 1. The molecule has 0 aliphatic heterocycles. The molecule has 0 amide bonds. The highest BCUT2D eigenvalue weighted by Gasteiger charge is 2.10. The molecule has 0 saturated heterocycles. The van der Waals surface area contributed by atoms with Crippen LogP contribution in [-0.4, -0.2) is 6.61 Å². The molecule has 0 spiro atoms. The van der Waals surface area contributed by atoms with Crippen LogP contribution in [0.15, 0.2) is 6.07 Å². The molecule has 0 saturated carbocycles. The molecule has 72 valence electrons. The van der Waals surface area contributed by atoms with Crippen LogP contribution in [0.5, 0.6) is 5.75 Å². The van der Waals surface area contributed by atoms with E-state index < -0.39 is 0 Å². The summed E-state index contributed by atoms with van der Waals surface area (Å²) in [6.07, 6.45) is 0. The zero-order chi connectivity index (χ0) is 10.0.